The summed E-state index contributed by atoms with van der Waals surface area (Å²) in [6.45, 7) is 2.21. The van der Waals surface area contributed by atoms with Crippen LogP contribution in [-0.4, -0.2) is 23.4 Å². The topological polar surface area (TPSA) is 66.4 Å². The molecule has 0 unspecified atom stereocenters. The lowest BCUT2D eigenvalue weighted by molar-refractivity contribution is -0.136. The van der Waals surface area contributed by atoms with Crippen LogP contribution < -0.4 is 5.32 Å². The van der Waals surface area contributed by atoms with E-state index in [0.29, 0.717) is 18.5 Å². The third-order valence-electron chi connectivity index (χ3n) is 2.20. The average Bonchev–Trinajstić information content (AvgIpc) is 2.28. The van der Waals surface area contributed by atoms with Gasteiger partial charge in [0.15, 0.2) is 5.78 Å². The summed E-state index contributed by atoms with van der Waals surface area (Å²) in [7, 11) is 0. The maximum absolute atomic E-state index is 11.3. The molecule has 0 fully saturated rings. The maximum Gasteiger partial charge on any atom is 0.305 e. The first-order valence-corrected chi connectivity index (χ1v) is 5.22. The van der Waals surface area contributed by atoms with Crippen molar-refractivity contribution in [3.8, 4) is 0 Å². The molecule has 86 valence electrons. The lowest BCUT2D eigenvalue weighted by Crippen LogP contribution is -2.07. The largest absolute Gasteiger partial charge is 0.481 e. The first kappa shape index (κ1) is 12.2. The van der Waals surface area contributed by atoms with Crippen molar-refractivity contribution < 1.29 is 14.7 Å². The Morgan fingerprint density at radius 3 is 2.38 bits per heavy atom. The van der Waals surface area contributed by atoms with Gasteiger partial charge in [0, 0.05) is 24.2 Å². The van der Waals surface area contributed by atoms with E-state index in [1.54, 1.807) is 24.3 Å². The summed E-state index contributed by atoms with van der Waals surface area (Å²) in [6.07, 6.45) is 0.571. The van der Waals surface area contributed by atoms with Crippen molar-refractivity contribution in [3.05, 3.63) is 29.8 Å². The summed E-state index contributed by atoms with van der Waals surface area (Å²) in [5, 5.41) is 11.4. The molecule has 0 saturated carbocycles. The lowest BCUT2D eigenvalue weighted by Gasteiger charge is -2.05. The standard InChI is InChI=1S/C12H15NO3/c1-2-11(14)9-3-5-10(6-4-9)13-8-7-12(15)16/h3-6,13H,2,7-8H2,1H3,(H,15,16). The number of carboxylic acid groups (broad SMARTS) is 1. The van der Waals surface area contributed by atoms with Gasteiger partial charge in [-0.1, -0.05) is 6.92 Å². The van der Waals surface area contributed by atoms with Gasteiger partial charge in [-0.2, -0.15) is 0 Å². The van der Waals surface area contributed by atoms with Gasteiger partial charge in [0.05, 0.1) is 6.42 Å². The van der Waals surface area contributed by atoms with Crippen LogP contribution in [0.25, 0.3) is 0 Å². The SMILES string of the molecule is CCC(=O)c1ccc(NCCC(=O)O)cc1. The molecule has 0 heterocycles. The van der Waals surface area contributed by atoms with E-state index in [1.165, 1.54) is 0 Å². The number of carboxylic acids is 1. The number of aliphatic carboxylic acids is 1. The Kier molecular flexibility index (Phi) is 4.51. The second kappa shape index (κ2) is 5.90. The molecule has 1 rings (SSSR count). The van der Waals surface area contributed by atoms with Gasteiger partial charge in [0.1, 0.15) is 0 Å². The summed E-state index contributed by atoms with van der Waals surface area (Å²) in [5.41, 5.74) is 1.51. The van der Waals surface area contributed by atoms with Gasteiger partial charge >= 0.3 is 5.97 Å². The molecular formula is C12H15NO3. The quantitative estimate of drug-likeness (QED) is 0.722. The summed E-state index contributed by atoms with van der Waals surface area (Å²) in [4.78, 5) is 21.6. The maximum atomic E-state index is 11.3. The number of anilines is 1. The predicted octanol–water partition coefficient (Wildman–Crippen LogP) is 2.17. The molecule has 0 aromatic heterocycles. The van der Waals surface area contributed by atoms with Crippen LogP contribution in [0.1, 0.15) is 30.1 Å². The van der Waals surface area contributed by atoms with Gasteiger partial charge in [-0.05, 0) is 24.3 Å². The number of Topliss-reactive ketones (excluding diaryl/α,β-unsaturated/α-hetero) is 1. The molecule has 4 nitrogen and oxygen atoms in total. The Balaban J connectivity index is 2.51. The predicted molar refractivity (Wildman–Crippen MR) is 61.8 cm³/mol. The number of ketones is 1. The zero-order chi connectivity index (χ0) is 12.0. The van der Waals surface area contributed by atoms with Gasteiger partial charge in [-0.15, -0.1) is 0 Å². The van der Waals surface area contributed by atoms with E-state index < -0.39 is 5.97 Å². The molecule has 0 amide bonds. The molecule has 0 aliphatic rings. The number of carbonyl (C=O) groups is 2. The zero-order valence-corrected chi connectivity index (χ0v) is 9.19. The lowest BCUT2D eigenvalue weighted by atomic mass is 10.1. The van der Waals surface area contributed by atoms with Crippen molar-refractivity contribution in [1.29, 1.82) is 0 Å². The van der Waals surface area contributed by atoms with Crippen LogP contribution in [-0.2, 0) is 4.79 Å². The van der Waals surface area contributed by atoms with E-state index >= 15 is 0 Å². The Morgan fingerprint density at radius 1 is 1.25 bits per heavy atom. The van der Waals surface area contributed by atoms with E-state index in [9.17, 15) is 9.59 Å². The smallest absolute Gasteiger partial charge is 0.305 e. The Labute approximate surface area is 94.3 Å². The highest BCUT2D eigenvalue weighted by Crippen LogP contribution is 2.10. The fourth-order valence-electron chi connectivity index (χ4n) is 1.29. The van der Waals surface area contributed by atoms with E-state index in [2.05, 4.69) is 5.32 Å². The van der Waals surface area contributed by atoms with Crippen molar-refractivity contribution in [2.45, 2.75) is 19.8 Å². The molecule has 1 aromatic carbocycles. The zero-order valence-electron chi connectivity index (χ0n) is 9.19. The highest BCUT2D eigenvalue weighted by molar-refractivity contribution is 5.96. The molecule has 0 atom stereocenters. The fraction of sp³-hybridized carbons (Fsp3) is 0.333. The minimum atomic E-state index is -0.828. The number of carbonyl (C=O) groups excluding carboxylic acids is 1. The molecule has 0 saturated heterocycles. The minimum Gasteiger partial charge on any atom is -0.481 e. The molecule has 0 radical (unpaired) electrons. The number of benzene rings is 1. The summed E-state index contributed by atoms with van der Waals surface area (Å²) in [6, 6.07) is 7.05. The minimum absolute atomic E-state index is 0.0790. The second-order valence-corrected chi connectivity index (χ2v) is 3.42. The Bertz CT molecular complexity index is 370. The average molecular weight is 221 g/mol. The molecule has 0 bridgehead atoms. The summed E-state index contributed by atoms with van der Waals surface area (Å²) in [5.74, 6) is -0.720. The van der Waals surface area contributed by atoms with E-state index in [4.69, 9.17) is 5.11 Å². The van der Waals surface area contributed by atoms with Crippen molar-refractivity contribution in [3.63, 3.8) is 0 Å². The van der Waals surface area contributed by atoms with Gasteiger partial charge < -0.3 is 10.4 Å². The molecule has 0 aliphatic heterocycles. The van der Waals surface area contributed by atoms with Gasteiger partial charge in [-0.3, -0.25) is 9.59 Å². The van der Waals surface area contributed by atoms with E-state index in [-0.39, 0.29) is 12.2 Å². The molecule has 0 spiro atoms. The number of rotatable bonds is 6. The number of nitrogens with one attached hydrogen (secondary N) is 1. The van der Waals surface area contributed by atoms with Crippen LogP contribution in [0.4, 0.5) is 5.69 Å². The molecule has 16 heavy (non-hydrogen) atoms. The van der Waals surface area contributed by atoms with Crippen LogP contribution in [0.3, 0.4) is 0 Å². The van der Waals surface area contributed by atoms with Crippen LogP contribution >= 0.6 is 0 Å². The van der Waals surface area contributed by atoms with Crippen molar-refractivity contribution in [2.75, 3.05) is 11.9 Å². The normalized spacial score (nSPS) is 9.81. The van der Waals surface area contributed by atoms with Crippen LogP contribution in [0, 0.1) is 0 Å². The second-order valence-electron chi connectivity index (χ2n) is 3.42. The first-order valence-electron chi connectivity index (χ1n) is 5.22. The van der Waals surface area contributed by atoms with Gasteiger partial charge in [0.2, 0.25) is 0 Å². The van der Waals surface area contributed by atoms with E-state index in [0.717, 1.165) is 5.69 Å². The molecular weight excluding hydrogens is 206 g/mol. The molecule has 2 N–H and O–H groups in total. The Morgan fingerprint density at radius 2 is 1.88 bits per heavy atom. The fourth-order valence-corrected chi connectivity index (χ4v) is 1.29. The monoisotopic (exact) mass is 221 g/mol. The van der Waals surface area contributed by atoms with Crippen LogP contribution in [0.5, 0.6) is 0 Å². The highest BCUT2D eigenvalue weighted by atomic mass is 16.4. The van der Waals surface area contributed by atoms with Crippen molar-refractivity contribution in [1.82, 2.24) is 0 Å². The number of hydrogen-bond donors (Lipinski definition) is 2. The third-order valence-corrected chi connectivity index (χ3v) is 2.20. The van der Waals surface area contributed by atoms with Gasteiger partial charge in [0.25, 0.3) is 0 Å². The van der Waals surface area contributed by atoms with Crippen LogP contribution in [0.2, 0.25) is 0 Å². The number of hydrogen-bond acceptors (Lipinski definition) is 3. The first-order chi connectivity index (χ1) is 7.63. The Hall–Kier alpha value is -1.84. The highest BCUT2D eigenvalue weighted by Gasteiger charge is 2.02. The van der Waals surface area contributed by atoms with Crippen molar-refractivity contribution >= 4 is 17.4 Å². The molecule has 4 heteroatoms. The molecule has 0 aliphatic carbocycles. The summed E-state index contributed by atoms with van der Waals surface area (Å²) >= 11 is 0. The third kappa shape index (κ3) is 3.73. The summed E-state index contributed by atoms with van der Waals surface area (Å²) < 4.78 is 0. The van der Waals surface area contributed by atoms with Crippen LogP contribution in [0.15, 0.2) is 24.3 Å². The van der Waals surface area contributed by atoms with E-state index in [1.807, 2.05) is 6.92 Å². The van der Waals surface area contributed by atoms with Crippen molar-refractivity contribution in [2.24, 2.45) is 0 Å². The van der Waals surface area contributed by atoms with Gasteiger partial charge in [-0.25, -0.2) is 0 Å². The molecule has 1 aromatic rings.